The maximum atomic E-state index is 12.1. The van der Waals surface area contributed by atoms with Crippen LogP contribution in [0.1, 0.15) is 11.1 Å². The molecule has 0 bridgehead atoms. The van der Waals surface area contributed by atoms with Gasteiger partial charge < -0.3 is 14.4 Å². The highest BCUT2D eigenvalue weighted by Crippen LogP contribution is 2.23. The van der Waals surface area contributed by atoms with Crippen LogP contribution in [-0.2, 0) is 13.2 Å². The summed E-state index contributed by atoms with van der Waals surface area (Å²) in [7, 11) is 0. The molecule has 0 saturated carbocycles. The molecule has 2 rings (SSSR count). The van der Waals surface area contributed by atoms with Gasteiger partial charge in [0.1, 0.15) is 5.75 Å². The molecule has 0 amide bonds. The minimum Gasteiger partial charge on any atom is -0.406 e. The van der Waals surface area contributed by atoms with E-state index in [0.29, 0.717) is 12.1 Å². The first-order valence-electron chi connectivity index (χ1n) is 5.56. The van der Waals surface area contributed by atoms with Gasteiger partial charge >= 0.3 is 6.36 Å². The van der Waals surface area contributed by atoms with E-state index in [1.54, 1.807) is 29.1 Å². The summed E-state index contributed by atoms with van der Waals surface area (Å²) in [5.74, 6) is -0.237. The summed E-state index contributed by atoms with van der Waals surface area (Å²) in [5, 5.41) is 8.93. The number of benzene rings is 1. The van der Waals surface area contributed by atoms with Crippen LogP contribution < -0.4 is 4.74 Å². The lowest BCUT2D eigenvalue weighted by atomic mass is 10.2. The standard InChI is InChI=1S/C13H12F3NO2/c14-13(15,16)19-12-3-1-2-10(6-12)7-17-5-4-11(8-17)9-18/h1-6,8,18H,7,9H2. The monoisotopic (exact) mass is 271 g/mol. The average Bonchev–Trinajstić information content (AvgIpc) is 2.75. The van der Waals surface area contributed by atoms with Crippen molar-refractivity contribution >= 4 is 0 Å². The van der Waals surface area contributed by atoms with Crippen molar-refractivity contribution in [1.82, 2.24) is 4.57 Å². The lowest BCUT2D eigenvalue weighted by Gasteiger charge is -2.10. The van der Waals surface area contributed by atoms with Gasteiger partial charge in [-0.1, -0.05) is 12.1 Å². The van der Waals surface area contributed by atoms with Gasteiger partial charge in [-0.2, -0.15) is 0 Å². The largest absolute Gasteiger partial charge is 0.573 e. The lowest BCUT2D eigenvalue weighted by Crippen LogP contribution is -2.17. The molecule has 0 aliphatic carbocycles. The van der Waals surface area contributed by atoms with E-state index in [9.17, 15) is 13.2 Å². The van der Waals surface area contributed by atoms with Gasteiger partial charge in [0.2, 0.25) is 0 Å². The van der Waals surface area contributed by atoms with Gasteiger partial charge in [0.05, 0.1) is 6.61 Å². The fraction of sp³-hybridized carbons (Fsp3) is 0.231. The number of alkyl halides is 3. The number of rotatable bonds is 4. The minimum atomic E-state index is -4.68. The van der Waals surface area contributed by atoms with Gasteiger partial charge in [0, 0.05) is 18.9 Å². The van der Waals surface area contributed by atoms with Crippen LogP contribution in [-0.4, -0.2) is 16.0 Å². The van der Waals surface area contributed by atoms with E-state index in [2.05, 4.69) is 4.74 Å². The Morgan fingerprint density at radius 2 is 1.95 bits per heavy atom. The Labute approximate surface area is 107 Å². The van der Waals surface area contributed by atoms with Gasteiger partial charge in [-0.3, -0.25) is 0 Å². The molecule has 0 fully saturated rings. The first-order chi connectivity index (χ1) is 8.96. The molecule has 0 saturated heterocycles. The van der Waals surface area contributed by atoms with Crippen molar-refractivity contribution < 1.29 is 23.0 Å². The zero-order valence-corrected chi connectivity index (χ0v) is 9.89. The van der Waals surface area contributed by atoms with Crippen LogP contribution in [0.15, 0.2) is 42.7 Å². The third-order valence-corrected chi connectivity index (χ3v) is 2.49. The SMILES string of the molecule is OCc1ccn(Cc2cccc(OC(F)(F)F)c2)c1. The predicted molar refractivity (Wildman–Crippen MR) is 62.6 cm³/mol. The Morgan fingerprint density at radius 1 is 1.16 bits per heavy atom. The summed E-state index contributed by atoms with van der Waals surface area (Å²) in [4.78, 5) is 0. The van der Waals surface area contributed by atoms with E-state index in [4.69, 9.17) is 5.11 Å². The third kappa shape index (κ3) is 4.03. The topological polar surface area (TPSA) is 34.4 Å². The molecule has 0 spiro atoms. The van der Waals surface area contributed by atoms with Crippen molar-refractivity contribution in [3.63, 3.8) is 0 Å². The minimum absolute atomic E-state index is 0.0653. The second kappa shape index (κ2) is 5.36. The summed E-state index contributed by atoms with van der Waals surface area (Å²) in [6, 6.07) is 7.56. The van der Waals surface area contributed by atoms with Crippen LogP contribution in [0.3, 0.4) is 0 Å². The fourth-order valence-electron chi connectivity index (χ4n) is 1.73. The molecule has 0 unspecified atom stereocenters. The molecule has 0 atom stereocenters. The quantitative estimate of drug-likeness (QED) is 0.927. The van der Waals surface area contributed by atoms with E-state index in [1.807, 2.05) is 0 Å². The highest BCUT2D eigenvalue weighted by molar-refractivity contribution is 5.29. The Balaban J connectivity index is 2.10. The van der Waals surface area contributed by atoms with Crippen LogP contribution in [0, 0.1) is 0 Å². The summed E-state index contributed by atoms with van der Waals surface area (Å²) in [6.07, 6.45) is -1.20. The Kier molecular flexibility index (Phi) is 3.80. The lowest BCUT2D eigenvalue weighted by molar-refractivity contribution is -0.274. The molecule has 0 aliphatic heterocycles. The van der Waals surface area contributed by atoms with Crippen LogP contribution in [0.25, 0.3) is 0 Å². The molecule has 6 heteroatoms. The third-order valence-electron chi connectivity index (χ3n) is 2.49. The molecule has 1 N–H and O–H groups in total. The van der Waals surface area contributed by atoms with Crippen molar-refractivity contribution in [3.05, 3.63) is 53.9 Å². The number of aromatic nitrogens is 1. The molecule has 1 heterocycles. The van der Waals surface area contributed by atoms with E-state index in [0.717, 1.165) is 5.56 Å². The maximum absolute atomic E-state index is 12.1. The molecule has 3 nitrogen and oxygen atoms in total. The van der Waals surface area contributed by atoms with Gasteiger partial charge in [0.25, 0.3) is 0 Å². The number of halogens is 3. The first kappa shape index (κ1) is 13.5. The molecule has 0 aliphatic rings. The Morgan fingerprint density at radius 3 is 2.58 bits per heavy atom. The molecular weight excluding hydrogens is 259 g/mol. The second-order valence-corrected chi connectivity index (χ2v) is 4.05. The van der Waals surface area contributed by atoms with Gasteiger partial charge in [0.15, 0.2) is 0 Å². The van der Waals surface area contributed by atoms with Crippen LogP contribution in [0.4, 0.5) is 13.2 Å². The molecule has 102 valence electrons. The average molecular weight is 271 g/mol. The van der Waals surface area contributed by atoms with Gasteiger partial charge in [-0.05, 0) is 29.3 Å². The maximum Gasteiger partial charge on any atom is 0.573 e. The summed E-state index contributed by atoms with van der Waals surface area (Å²) >= 11 is 0. The van der Waals surface area contributed by atoms with E-state index >= 15 is 0 Å². The summed E-state index contributed by atoms with van der Waals surface area (Å²) in [6.45, 7) is 0.347. The summed E-state index contributed by atoms with van der Waals surface area (Å²) in [5.41, 5.74) is 1.43. The van der Waals surface area contributed by atoms with Crippen molar-refractivity contribution in [2.45, 2.75) is 19.5 Å². The van der Waals surface area contributed by atoms with E-state index < -0.39 is 6.36 Å². The normalized spacial score (nSPS) is 11.6. The highest BCUT2D eigenvalue weighted by Gasteiger charge is 2.31. The molecular formula is C13H12F3NO2. The zero-order valence-electron chi connectivity index (χ0n) is 9.89. The first-order valence-corrected chi connectivity index (χ1v) is 5.56. The van der Waals surface area contributed by atoms with Crippen LogP contribution in [0.2, 0.25) is 0 Å². The van der Waals surface area contributed by atoms with Crippen LogP contribution in [0.5, 0.6) is 5.75 Å². The molecule has 0 radical (unpaired) electrons. The van der Waals surface area contributed by atoms with Gasteiger partial charge in [-0.25, -0.2) is 0 Å². The Hall–Kier alpha value is -1.95. The number of hydrogen-bond donors (Lipinski definition) is 1. The summed E-state index contributed by atoms with van der Waals surface area (Å²) < 4.78 is 41.9. The number of hydrogen-bond acceptors (Lipinski definition) is 2. The molecule has 2 aromatic rings. The zero-order chi connectivity index (χ0) is 13.9. The van der Waals surface area contributed by atoms with Crippen molar-refractivity contribution in [2.75, 3.05) is 0 Å². The van der Waals surface area contributed by atoms with Crippen molar-refractivity contribution in [1.29, 1.82) is 0 Å². The van der Waals surface area contributed by atoms with Gasteiger partial charge in [-0.15, -0.1) is 13.2 Å². The smallest absolute Gasteiger partial charge is 0.406 e. The molecule has 1 aromatic carbocycles. The number of nitrogens with zero attached hydrogens (tertiary/aromatic N) is 1. The van der Waals surface area contributed by atoms with Crippen LogP contribution >= 0.6 is 0 Å². The number of aliphatic hydroxyl groups is 1. The Bertz CT molecular complexity index is 549. The second-order valence-electron chi connectivity index (χ2n) is 4.05. The molecule has 19 heavy (non-hydrogen) atoms. The predicted octanol–water partition coefficient (Wildman–Crippen LogP) is 2.93. The van der Waals surface area contributed by atoms with Crippen molar-refractivity contribution in [2.24, 2.45) is 0 Å². The highest BCUT2D eigenvalue weighted by atomic mass is 19.4. The van der Waals surface area contributed by atoms with E-state index in [-0.39, 0.29) is 12.4 Å². The van der Waals surface area contributed by atoms with E-state index in [1.165, 1.54) is 18.2 Å². The van der Waals surface area contributed by atoms with Crippen molar-refractivity contribution in [3.8, 4) is 5.75 Å². The number of ether oxygens (including phenoxy) is 1. The fourth-order valence-corrected chi connectivity index (χ4v) is 1.73. The number of aliphatic hydroxyl groups excluding tert-OH is 1. The molecule has 1 aromatic heterocycles.